The van der Waals surface area contributed by atoms with Gasteiger partial charge in [-0.2, -0.15) is 5.10 Å². The standard InChI is InChI=1S/C18H15FN2O2/c1-23-18(22)17-11-16(14-5-3-2-4-6-14)20-21(17)12-13-7-9-15(19)10-8-13/h2-11H,12H2,1H3. The van der Waals surface area contributed by atoms with E-state index in [0.717, 1.165) is 11.1 Å². The molecule has 0 fully saturated rings. The average Bonchev–Trinajstić information content (AvgIpc) is 3.01. The largest absolute Gasteiger partial charge is 0.464 e. The smallest absolute Gasteiger partial charge is 0.356 e. The minimum atomic E-state index is -0.457. The van der Waals surface area contributed by atoms with Gasteiger partial charge in [0.25, 0.3) is 0 Å². The topological polar surface area (TPSA) is 44.1 Å². The van der Waals surface area contributed by atoms with Crippen LogP contribution in [0.15, 0.2) is 60.7 Å². The van der Waals surface area contributed by atoms with E-state index < -0.39 is 5.97 Å². The van der Waals surface area contributed by atoms with Crippen molar-refractivity contribution < 1.29 is 13.9 Å². The van der Waals surface area contributed by atoms with Gasteiger partial charge in [0.1, 0.15) is 11.5 Å². The molecular formula is C18H15FN2O2. The Morgan fingerprint density at radius 3 is 2.48 bits per heavy atom. The molecule has 0 bridgehead atoms. The fraction of sp³-hybridized carbons (Fsp3) is 0.111. The van der Waals surface area contributed by atoms with Crippen molar-refractivity contribution in [3.63, 3.8) is 0 Å². The van der Waals surface area contributed by atoms with E-state index in [2.05, 4.69) is 5.10 Å². The van der Waals surface area contributed by atoms with E-state index in [4.69, 9.17) is 4.74 Å². The molecule has 5 heteroatoms. The van der Waals surface area contributed by atoms with Crippen molar-refractivity contribution in [1.29, 1.82) is 0 Å². The molecule has 4 nitrogen and oxygen atoms in total. The number of esters is 1. The van der Waals surface area contributed by atoms with Gasteiger partial charge in [-0.3, -0.25) is 4.68 Å². The van der Waals surface area contributed by atoms with Crippen LogP contribution >= 0.6 is 0 Å². The average molecular weight is 310 g/mol. The van der Waals surface area contributed by atoms with Gasteiger partial charge >= 0.3 is 5.97 Å². The highest BCUT2D eigenvalue weighted by atomic mass is 19.1. The van der Waals surface area contributed by atoms with E-state index in [1.54, 1.807) is 22.9 Å². The van der Waals surface area contributed by atoms with Gasteiger partial charge < -0.3 is 4.74 Å². The maximum atomic E-state index is 13.0. The van der Waals surface area contributed by atoms with Gasteiger partial charge in [0.2, 0.25) is 0 Å². The molecule has 0 N–H and O–H groups in total. The monoisotopic (exact) mass is 310 g/mol. The maximum absolute atomic E-state index is 13.0. The van der Waals surface area contributed by atoms with Crippen molar-refractivity contribution in [3.05, 3.63) is 77.7 Å². The van der Waals surface area contributed by atoms with Crippen molar-refractivity contribution in [1.82, 2.24) is 9.78 Å². The second-order valence-corrected chi connectivity index (χ2v) is 5.06. The second-order valence-electron chi connectivity index (χ2n) is 5.06. The summed E-state index contributed by atoms with van der Waals surface area (Å²) in [5.74, 6) is -0.755. The third kappa shape index (κ3) is 3.29. The summed E-state index contributed by atoms with van der Waals surface area (Å²) in [7, 11) is 1.33. The van der Waals surface area contributed by atoms with Crippen LogP contribution in [0.5, 0.6) is 0 Å². The number of nitrogens with zero attached hydrogens (tertiary/aromatic N) is 2. The molecule has 0 saturated carbocycles. The van der Waals surface area contributed by atoms with Crippen LogP contribution in [0, 0.1) is 5.82 Å². The zero-order chi connectivity index (χ0) is 16.2. The number of benzene rings is 2. The fourth-order valence-electron chi connectivity index (χ4n) is 2.32. The zero-order valence-corrected chi connectivity index (χ0v) is 12.6. The van der Waals surface area contributed by atoms with Crippen LogP contribution in [-0.2, 0) is 11.3 Å². The van der Waals surface area contributed by atoms with Gasteiger partial charge in [-0.05, 0) is 23.8 Å². The molecule has 1 heterocycles. The zero-order valence-electron chi connectivity index (χ0n) is 12.6. The first-order chi connectivity index (χ1) is 11.2. The van der Waals surface area contributed by atoms with Crippen molar-refractivity contribution in [2.24, 2.45) is 0 Å². The van der Waals surface area contributed by atoms with Crippen LogP contribution in [0.3, 0.4) is 0 Å². The van der Waals surface area contributed by atoms with Crippen LogP contribution in [-0.4, -0.2) is 22.9 Å². The number of carbonyl (C=O) groups excluding carboxylic acids is 1. The molecule has 0 radical (unpaired) electrons. The van der Waals surface area contributed by atoms with Crippen molar-refractivity contribution >= 4 is 5.97 Å². The van der Waals surface area contributed by atoms with E-state index in [0.29, 0.717) is 17.9 Å². The number of rotatable bonds is 4. The molecule has 0 unspecified atom stereocenters. The molecule has 0 spiro atoms. The summed E-state index contributed by atoms with van der Waals surface area (Å²) in [5.41, 5.74) is 2.80. The lowest BCUT2D eigenvalue weighted by atomic mass is 10.1. The summed E-state index contributed by atoms with van der Waals surface area (Å²) in [6, 6.07) is 17.4. The lowest BCUT2D eigenvalue weighted by molar-refractivity contribution is 0.0587. The predicted octanol–water partition coefficient (Wildman–Crippen LogP) is 3.52. The first kappa shape index (κ1) is 15.0. The summed E-state index contributed by atoms with van der Waals surface area (Å²) < 4.78 is 19.4. The van der Waals surface area contributed by atoms with Crippen LogP contribution in [0.2, 0.25) is 0 Å². The van der Waals surface area contributed by atoms with E-state index in [1.807, 2.05) is 30.3 Å². The number of ether oxygens (including phenoxy) is 1. The number of aromatic nitrogens is 2. The summed E-state index contributed by atoms with van der Waals surface area (Å²) in [5, 5.41) is 4.49. The van der Waals surface area contributed by atoms with Gasteiger partial charge in [-0.25, -0.2) is 9.18 Å². The Labute approximate surface area is 133 Å². The molecule has 2 aromatic carbocycles. The normalized spacial score (nSPS) is 10.5. The molecular weight excluding hydrogens is 295 g/mol. The van der Waals surface area contributed by atoms with E-state index in [-0.39, 0.29) is 5.82 Å². The predicted molar refractivity (Wildman–Crippen MR) is 84.5 cm³/mol. The van der Waals surface area contributed by atoms with E-state index in [9.17, 15) is 9.18 Å². The highest BCUT2D eigenvalue weighted by Crippen LogP contribution is 2.20. The van der Waals surface area contributed by atoms with E-state index in [1.165, 1.54) is 19.2 Å². The van der Waals surface area contributed by atoms with Gasteiger partial charge in [0, 0.05) is 5.56 Å². The lowest BCUT2D eigenvalue weighted by Crippen LogP contribution is -2.12. The number of methoxy groups -OCH3 is 1. The summed E-state index contributed by atoms with van der Waals surface area (Å²) >= 11 is 0. The molecule has 0 aliphatic rings. The molecule has 0 saturated heterocycles. The lowest BCUT2D eigenvalue weighted by Gasteiger charge is -2.06. The van der Waals surface area contributed by atoms with Crippen LogP contribution < -0.4 is 0 Å². The Hall–Kier alpha value is -2.95. The molecule has 3 aromatic rings. The Balaban J connectivity index is 1.98. The van der Waals surface area contributed by atoms with Gasteiger partial charge in [0.15, 0.2) is 0 Å². The third-order valence-electron chi connectivity index (χ3n) is 3.49. The third-order valence-corrected chi connectivity index (χ3v) is 3.49. The Morgan fingerprint density at radius 2 is 1.83 bits per heavy atom. The van der Waals surface area contributed by atoms with Gasteiger partial charge in [-0.1, -0.05) is 42.5 Å². The van der Waals surface area contributed by atoms with Crippen LogP contribution in [0.25, 0.3) is 11.3 Å². The molecule has 0 atom stereocenters. The van der Waals surface area contributed by atoms with Crippen LogP contribution in [0.4, 0.5) is 4.39 Å². The highest BCUT2D eigenvalue weighted by Gasteiger charge is 2.17. The number of hydrogen-bond donors (Lipinski definition) is 0. The quantitative estimate of drug-likeness (QED) is 0.693. The molecule has 0 aliphatic carbocycles. The first-order valence-corrected chi connectivity index (χ1v) is 7.13. The Kier molecular flexibility index (Phi) is 4.19. The highest BCUT2D eigenvalue weighted by molar-refractivity contribution is 5.89. The minimum absolute atomic E-state index is 0.299. The van der Waals surface area contributed by atoms with Crippen molar-refractivity contribution in [2.75, 3.05) is 7.11 Å². The molecule has 23 heavy (non-hydrogen) atoms. The number of halogens is 1. The van der Waals surface area contributed by atoms with Gasteiger partial charge in [-0.15, -0.1) is 0 Å². The molecule has 3 rings (SSSR count). The SMILES string of the molecule is COC(=O)c1cc(-c2ccccc2)nn1Cc1ccc(F)cc1. The van der Waals surface area contributed by atoms with Crippen molar-refractivity contribution in [3.8, 4) is 11.3 Å². The number of hydrogen-bond acceptors (Lipinski definition) is 3. The first-order valence-electron chi connectivity index (χ1n) is 7.13. The fourth-order valence-corrected chi connectivity index (χ4v) is 2.32. The van der Waals surface area contributed by atoms with Crippen molar-refractivity contribution in [2.45, 2.75) is 6.54 Å². The Bertz CT molecular complexity index is 811. The molecule has 0 aliphatic heterocycles. The summed E-state index contributed by atoms with van der Waals surface area (Å²) in [4.78, 5) is 12.0. The second kappa shape index (κ2) is 6.44. The molecule has 0 amide bonds. The van der Waals surface area contributed by atoms with Gasteiger partial charge in [0.05, 0.1) is 19.3 Å². The summed E-state index contributed by atoms with van der Waals surface area (Å²) in [6.45, 7) is 0.359. The maximum Gasteiger partial charge on any atom is 0.356 e. The van der Waals surface area contributed by atoms with Crippen LogP contribution in [0.1, 0.15) is 16.1 Å². The summed E-state index contributed by atoms with van der Waals surface area (Å²) in [6.07, 6.45) is 0. The van der Waals surface area contributed by atoms with E-state index >= 15 is 0 Å². The Morgan fingerprint density at radius 1 is 1.13 bits per heavy atom. The number of carbonyl (C=O) groups is 1. The minimum Gasteiger partial charge on any atom is -0.464 e. The molecule has 1 aromatic heterocycles. The molecule has 116 valence electrons.